The SMILES string of the molecule is CC[C@@H](C)NC(=O)[C@@H](CC)N(Cc1ccc(OC)cc1)C(=O)CSCc1ccc([N+](=O)[O-])cc1. The van der Waals surface area contributed by atoms with Crippen LogP contribution in [0.15, 0.2) is 48.5 Å². The molecule has 34 heavy (non-hydrogen) atoms. The molecule has 0 aliphatic heterocycles. The zero-order chi connectivity index (χ0) is 25.1. The number of rotatable bonds is 13. The molecule has 0 fully saturated rings. The molecule has 2 amide bonds. The minimum absolute atomic E-state index is 0.0241. The van der Waals surface area contributed by atoms with E-state index in [-0.39, 0.29) is 29.3 Å². The van der Waals surface area contributed by atoms with Crippen molar-refractivity contribution in [1.29, 1.82) is 0 Å². The molecule has 2 atom stereocenters. The third kappa shape index (κ3) is 8.06. The lowest BCUT2D eigenvalue weighted by Crippen LogP contribution is -2.51. The molecule has 0 aliphatic carbocycles. The lowest BCUT2D eigenvalue weighted by atomic mass is 10.1. The van der Waals surface area contributed by atoms with Crippen LogP contribution in [-0.4, -0.2) is 46.6 Å². The first kappa shape index (κ1) is 27.2. The fourth-order valence-electron chi connectivity index (χ4n) is 3.34. The minimum atomic E-state index is -0.580. The summed E-state index contributed by atoms with van der Waals surface area (Å²) in [4.78, 5) is 38.3. The second kappa shape index (κ2) is 13.6. The van der Waals surface area contributed by atoms with Crippen molar-refractivity contribution in [2.45, 2.75) is 58.0 Å². The van der Waals surface area contributed by atoms with Gasteiger partial charge in [0.2, 0.25) is 11.8 Å². The van der Waals surface area contributed by atoms with Gasteiger partial charge in [0, 0.05) is 30.5 Å². The van der Waals surface area contributed by atoms with Crippen LogP contribution in [0.25, 0.3) is 0 Å². The second-order valence-corrected chi connectivity index (χ2v) is 9.01. The highest BCUT2D eigenvalue weighted by atomic mass is 32.2. The fourth-order valence-corrected chi connectivity index (χ4v) is 4.21. The molecule has 8 nitrogen and oxygen atoms in total. The van der Waals surface area contributed by atoms with E-state index in [1.165, 1.54) is 23.9 Å². The first-order chi connectivity index (χ1) is 16.3. The van der Waals surface area contributed by atoms with Crippen LogP contribution >= 0.6 is 11.8 Å². The molecule has 0 saturated carbocycles. The zero-order valence-electron chi connectivity index (χ0n) is 20.2. The standard InChI is InChI=1S/C25H33N3O5S/c1-5-18(3)26-25(30)23(6-2)27(15-19-9-13-22(33-4)14-10-19)24(29)17-34-16-20-7-11-21(12-8-20)28(31)32/h7-14,18,23H,5-6,15-17H2,1-4H3,(H,26,30)/t18-,23-/m1/s1. The van der Waals surface area contributed by atoms with Gasteiger partial charge in [-0.15, -0.1) is 11.8 Å². The summed E-state index contributed by atoms with van der Waals surface area (Å²) in [6, 6.07) is 13.2. The quantitative estimate of drug-likeness (QED) is 0.328. The number of amides is 2. The number of nitro groups is 1. The molecule has 0 spiro atoms. The van der Waals surface area contributed by atoms with Crippen molar-refractivity contribution in [3.63, 3.8) is 0 Å². The van der Waals surface area contributed by atoms with Gasteiger partial charge in [0.15, 0.2) is 0 Å². The number of non-ortho nitro benzene ring substituents is 1. The maximum Gasteiger partial charge on any atom is 0.269 e. The van der Waals surface area contributed by atoms with Crippen LogP contribution in [0.3, 0.4) is 0 Å². The normalized spacial score (nSPS) is 12.5. The number of hydrogen-bond acceptors (Lipinski definition) is 6. The number of nitrogens with zero attached hydrogens (tertiary/aromatic N) is 2. The molecule has 0 radical (unpaired) electrons. The summed E-state index contributed by atoms with van der Waals surface area (Å²) in [7, 11) is 1.60. The lowest BCUT2D eigenvalue weighted by molar-refractivity contribution is -0.384. The molecule has 184 valence electrons. The summed E-state index contributed by atoms with van der Waals surface area (Å²) in [6.07, 6.45) is 1.30. The van der Waals surface area contributed by atoms with E-state index in [0.717, 1.165) is 23.3 Å². The van der Waals surface area contributed by atoms with Crippen LogP contribution in [0.1, 0.15) is 44.7 Å². The molecule has 0 heterocycles. The number of ether oxygens (including phenoxy) is 1. The Hall–Kier alpha value is -3.07. The Labute approximate surface area is 205 Å². The molecular formula is C25H33N3O5S. The van der Waals surface area contributed by atoms with Gasteiger partial charge in [-0.1, -0.05) is 38.1 Å². The van der Waals surface area contributed by atoms with E-state index in [2.05, 4.69) is 5.32 Å². The lowest BCUT2D eigenvalue weighted by Gasteiger charge is -2.31. The topological polar surface area (TPSA) is 102 Å². The van der Waals surface area contributed by atoms with Gasteiger partial charge in [0.25, 0.3) is 5.69 Å². The van der Waals surface area contributed by atoms with Crippen molar-refractivity contribution < 1.29 is 19.2 Å². The van der Waals surface area contributed by atoms with Crippen LogP contribution in [0.2, 0.25) is 0 Å². The molecule has 2 rings (SSSR count). The summed E-state index contributed by atoms with van der Waals surface area (Å²) >= 11 is 1.42. The largest absolute Gasteiger partial charge is 0.497 e. The molecule has 1 N–H and O–H groups in total. The first-order valence-corrected chi connectivity index (χ1v) is 12.5. The highest BCUT2D eigenvalue weighted by molar-refractivity contribution is 7.99. The number of carbonyl (C=O) groups is 2. The van der Waals surface area contributed by atoms with Gasteiger partial charge in [0.05, 0.1) is 17.8 Å². The Kier molecular flexibility index (Phi) is 10.9. The predicted molar refractivity (Wildman–Crippen MR) is 135 cm³/mol. The van der Waals surface area contributed by atoms with Crippen LogP contribution in [-0.2, 0) is 21.9 Å². The Morgan fingerprint density at radius 2 is 1.68 bits per heavy atom. The van der Waals surface area contributed by atoms with E-state index in [0.29, 0.717) is 18.7 Å². The maximum atomic E-state index is 13.3. The highest BCUT2D eigenvalue weighted by Crippen LogP contribution is 2.20. The third-order valence-corrected chi connectivity index (χ3v) is 6.53. The zero-order valence-corrected chi connectivity index (χ0v) is 21.0. The van der Waals surface area contributed by atoms with Gasteiger partial charge in [0.1, 0.15) is 11.8 Å². The average molecular weight is 488 g/mol. The van der Waals surface area contributed by atoms with Crippen LogP contribution in [0, 0.1) is 10.1 Å². The molecule has 0 saturated heterocycles. The Morgan fingerprint density at radius 1 is 1.06 bits per heavy atom. The Bertz CT molecular complexity index is 950. The third-order valence-electron chi connectivity index (χ3n) is 5.54. The smallest absolute Gasteiger partial charge is 0.269 e. The Balaban J connectivity index is 2.12. The number of carbonyl (C=O) groups excluding carboxylic acids is 2. The minimum Gasteiger partial charge on any atom is -0.497 e. The second-order valence-electron chi connectivity index (χ2n) is 8.03. The highest BCUT2D eigenvalue weighted by Gasteiger charge is 2.29. The van der Waals surface area contributed by atoms with Gasteiger partial charge >= 0.3 is 0 Å². The number of hydrogen-bond donors (Lipinski definition) is 1. The van der Waals surface area contributed by atoms with Crippen molar-refractivity contribution >= 4 is 29.3 Å². The van der Waals surface area contributed by atoms with Gasteiger partial charge in [-0.2, -0.15) is 0 Å². The molecule has 0 bridgehead atoms. The number of nitrogens with one attached hydrogen (secondary N) is 1. The molecule has 9 heteroatoms. The molecule has 2 aromatic rings. The van der Waals surface area contributed by atoms with Gasteiger partial charge in [-0.05, 0) is 43.0 Å². The number of nitro benzene ring substituents is 1. The van der Waals surface area contributed by atoms with Gasteiger partial charge in [-0.3, -0.25) is 19.7 Å². The van der Waals surface area contributed by atoms with E-state index in [9.17, 15) is 19.7 Å². The number of thioether (sulfide) groups is 1. The molecule has 2 aromatic carbocycles. The van der Waals surface area contributed by atoms with E-state index >= 15 is 0 Å². The predicted octanol–water partition coefficient (Wildman–Crippen LogP) is 4.56. The summed E-state index contributed by atoms with van der Waals surface area (Å²) in [5.74, 6) is 1.17. The van der Waals surface area contributed by atoms with E-state index in [1.807, 2.05) is 45.0 Å². The van der Waals surface area contributed by atoms with Crippen molar-refractivity contribution in [3.8, 4) is 5.75 Å². The molecule has 0 aliphatic rings. The van der Waals surface area contributed by atoms with Crippen LogP contribution in [0.5, 0.6) is 5.75 Å². The summed E-state index contributed by atoms with van der Waals surface area (Å²) in [5.41, 5.74) is 1.84. The molecule has 0 unspecified atom stereocenters. The van der Waals surface area contributed by atoms with Gasteiger partial charge in [-0.25, -0.2) is 0 Å². The number of methoxy groups -OCH3 is 1. The average Bonchev–Trinajstić information content (AvgIpc) is 2.84. The summed E-state index contributed by atoms with van der Waals surface area (Å²) in [6.45, 7) is 6.16. The Morgan fingerprint density at radius 3 is 2.21 bits per heavy atom. The van der Waals surface area contributed by atoms with Crippen molar-refractivity contribution in [2.75, 3.05) is 12.9 Å². The summed E-state index contributed by atoms with van der Waals surface area (Å²) < 4.78 is 5.21. The van der Waals surface area contributed by atoms with E-state index in [4.69, 9.17) is 4.74 Å². The molecular weight excluding hydrogens is 454 g/mol. The van der Waals surface area contributed by atoms with E-state index in [1.54, 1.807) is 24.1 Å². The maximum absolute atomic E-state index is 13.3. The fraction of sp³-hybridized carbons (Fsp3) is 0.440. The van der Waals surface area contributed by atoms with Crippen molar-refractivity contribution in [3.05, 3.63) is 69.8 Å². The summed E-state index contributed by atoms with van der Waals surface area (Å²) in [5, 5.41) is 13.8. The van der Waals surface area contributed by atoms with Crippen molar-refractivity contribution in [2.24, 2.45) is 0 Å². The van der Waals surface area contributed by atoms with Crippen LogP contribution < -0.4 is 10.1 Å². The van der Waals surface area contributed by atoms with Crippen molar-refractivity contribution in [1.82, 2.24) is 10.2 Å². The van der Waals surface area contributed by atoms with E-state index < -0.39 is 11.0 Å². The monoisotopic (exact) mass is 487 g/mol. The van der Waals surface area contributed by atoms with Crippen LogP contribution in [0.4, 0.5) is 5.69 Å². The molecule has 0 aromatic heterocycles. The number of benzene rings is 2. The van der Waals surface area contributed by atoms with Gasteiger partial charge < -0.3 is 15.0 Å². The first-order valence-electron chi connectivity index (χ1n) is 11.3.